The second-order valence-corrected chi connectivity index (χ2v) is 7.28. The van der Waals surface area contributed by atoms with Crippen molar-refractivity contribution in [2.75, 3.05) is 26.9 Å². The van der Waals surface area contributed by atoms with Crippen LogP contribution in [0.25, 0.3) is 0 Å². The molecule has 0 atom stereocenters. The fourth-order valence-corrected chi connectivity index (χ4v) is 3.18. The van der Waals surface area contributed by atoms with Gasteiger partial charge in [0.25, 0.3) is 0 Å². The molecule has 2 N–H and O–H groups in total. The summed E-state index contributed by atoms with van der Waals surface area (Å²) in [6.07, 6.45) is 1.33. The van der Waals surface area contributed by atoms with Gasteiger partial charge in [0.15, 0.2) is 11.5 Å². The van der Waals surface area contributed by atoms with Crippen molar-refractivity contribution in [2.24, 2.45) is 0 Å². The number of methoxy groups -OCH3 is 1. The SMILES string of the molecule is COc1cc(CNCC2(O)CCOCC2)ccc1OCc1ccc(Cl)cc1. The summed E-state index contributed by atoms with van der Waals surface area (Å²) >= 11 is 5.91. The van der Waals surface area contributed by atoms with Crippen LogP contribution < -0.4 is 14.8 Å². The van der Waals surface area contributed by atoms with Crippen LogP contribution >= 0.6 is 11.6 Å². The maximum atomic E-state index is 10.5. The van der Waals surface area contributed by atoms with Gasteiger partial charge in [-0.2, -0.15) is 0 Å². The highest BCUT2D eigenvalue weighted by atomic mass is 35.5. The van der Waals surface area contributed by atoms with Crippen molar-refractivity contribution in [3.63, 3.8) is 0 Å². The summed E-state index contributed by atoms with van der Waals surface area (Å²) in [6.45, 7) is 2.88. The average Bonchev–Trinajstić information content (AvgIpc) is 2.68. The van der Waals surface area contributed by atoms with E-state index in [1.807, 2.05) is 42.5 Å². The Morgan fingerprint density at radius 3 is 2.48 bits per heavy atom. The molecule has 2 aromatic carbocycles. The Morgan fingerprint density at radius 2 is 1.78 bits per heavy atom. The normalized spacial score (nSPS) is 16.1. The predicted octanol–water partition coefficient (Wildman–Crippen LogP) is 3.56. The molecule has 5 nitrogen and oxygen atoms in total. The minimum atomic E-state index is -0.677. The Morgan fingerprint density at radius 1 is 1.07 bits per heavy atom. The number of hydrogen-bond donors (Lipinski definition) is 2. The standard InChI is InChI=1S/C21H26ClNO4/c1-25-20-12-17(13-23-15-21(24)8-10-26-11-9-21)4-7-19(20)27-14-16-2-5-18(22)6-3-16/h2-7,12,23-24H,8-11,13-15H2,1H3. The van der Waals surface area contributed by atoms with Gasteiger partial charge < -0.3 is 24.6 Å². The van der Waals surface area contributed by atoms with Crippen molar-refractivity contribution in [3.8, 4) is 11.5 Å². The maximum absolute atomic E-state index is 10.5. The molecule has 1 aliphatic heterocycles. The second-order valence-electron chi connectivity index (χ2n) is 6.84. The third-order valence-electron chi connectivity index (χ3n) is 4.74. The van der Waals surface area contributed by atoms with Gasteiger partial charge in [-0.05, 0) is 35.4 Å². The molecule has 0 radical (unpaired) electrons. The molecular weight excluding hydrogens is 366 g/mol. The van der Waals surface area contributed by atoms with Crippen LogP contribution in [0.1, 0.15) is 24.0 Å². The second kappa shape index (κ2) is 9.42. The van der Waals surface area contributed by atoms with Crippen LogP contribution in [0.3, 0.4) is 0 Å². The van der Waals surface area contributed by atoms with Crippen LogP contribution in [0.5, 0.6) is 11.5 Å². The van der Waals surface area contributed by atoms with E-state index in [4.69, 9.17) is 25.8 Å². The van der Waals surface area contributed by atoms with Gasteiger partial charge in [0.2, 0.25) is 0 Å². The van der Waals surface area contributed by atoms with Crippen LogP contribution in [0.2, 0.25) is 5.02 Å². The highest BCUT2D eigenvalue weighted by Crippen LogP contribution is 2.29. The van der Waals surface area contributed by atoms with Gasteiger partial charge in [-0.3, -0.25) is 0 Å². The van der Waals surface area contributed by atoms with E-state index in [2.05, 4.69) is 5.32 Å². The van der Waals surface area contributed by atoms with E-state index in [1.165, 1.54) is 0 Å². The van der Waals surface area contributed by atoms with E-state index in [1.54, 1.807) is 7.11 Å². The monoisotopic (exact) mass is 391 g/mol. The molecule has 1 heterocycles. The predicted molar refractivity (Wildman–Crippen MR) is 105 cm³/mol. The van der Waals surface area contributed by atoms with Gasteiger partial charge in [-0.15, -0.1) is 0 Å². The smallest absolute Gasteiger partial charge is 0.161 e. The molecule has 27 heavy (non-hydrogen) atoms. The average molecular weight is 392 g/mol. The minimum Gasteiger partial charge on any atom is -0.493 e. The number of aliphatic hydroxyl groups is 1. The number of rotatable bonds is 8. The first-order valence-electron chi connectivity index (χ1n) is 9.13. The fraction of sp³-hybridized carbons (Fsp3) is 0.429. The van der Waals surface area contributed by atoms with Gasteiger partial charge in [-0.1, -0.05) is 29.8 Å². The molecule has 0 amide bonds. The molecule has 1 saturated heterocycles. The van der Waals surface area contributed by atoms with Crippen LogP contribution in [0.15, 0.2) is 42.5 Å². The van der Waals surface area contributed by atoms with Crippen molar-refractivity contribution >= 4 is 11.6 Å². The van der Waals surface area contributed by atoms with Crippen molar-refractivity contribution in [1.29, 1.82) is 0 Å². The van der Waals surface area contributed by atoms with Crippen molar-refractivity contribution in [2.45, 2.75) is 31.6 Å². The zero-order valence-corrected chi connectivity index (χ0v) is 16.3. The van der Waals surface area contributed by atoms with Crippen LogP contribution in [-0.4, -0.2) is 37.6 Å². The molecule has 146 valence electrons. The summed E-state index contributed by atoms with van der Waals surface area (Å²) in [6, 6.07) is 13.4. The van der Waals surface area contributed by atoms with Crippen LogP contribution in [0, 0.1) is 0 Å². The molecular formula is C21H26ClNO4. The van der Waals surface area contributed by atoms with Crippen molar-refractivity contribution < 1.29 is 19.3 Å². The Labute approximate surface area is 165 Å². The Bertz CT molecular complexity index is 729. The lowest BCUT2D eigenvalue weighted by Crippen LogP contribution is -2.44. The summed E-state index contributed by atoms with van der Waals surface area (Å²) in [4.78, 5) is 0. The van der Waals surface area contributed by atoms with Crippen LogP contribution in [0.4, 0.5) is 0 Å². The highest BCUT2D eigenvalue weighted by Gasteiger charge is 2.29. The lowest BCUT2D eigenvalue weighted by Gasteiger charge is -2.32. The molecule has 1 aliphatic rings. The molecule has 0 saturated carbocycles. The zero-order chi connectivity index (χ0) is 19.1. The third-order valence-corrected chi connectivity index (χ3v) is 4.99. The number of halogens is 1. The summed E-state index contributed by atoms with van der Waals surface area (Å²) in [7, 11) is 1.63. The first-order valence-corrected chi connectivity index (χ1v) is 9.51. The lowest BCUT2D eigenvalue weighted by molar-refractivity contribution is -0.0617. The van der Waals surface area contributed by atoms with Gasteiger partial charge in [0, 0.05) is 44.2 Å². The highest BCUT2D eigenvalue weighted by molar-refractivity contribution is 6.30. The quantitative estimate of drug-likeness (QED) is 0.720. The van der Waals surface area contributed by atoms with Crippen LogP contribution in [-0.2, 0) is 17.9 Å². The molecule has 6 heteroatoms. The molecule has 0 aliphatic carbocycles. The zero-order valence-electron chi connectivity index (χ0n) is 15.5. The van der Waals surface area contributed by atoms with Gasteiger partial charge in [0.05, 0.1) is 12.7 Å². The first-order chi connectivity index (χ1) is 13.1. The van der Waals surface area contributed by atoms with E-state index in [-0.39, 0.29) is 0 Å². The molecule has 0 aromatic heterocycles. The van der Waals surface area contributed by atoms with E-state index in [0.29, 0.717) is 62.3 Å². The molecule has 0 spiro atoms. The van der Waals surface area contributed by atoms with E-state index < -0.39 is 5.60 Å². The first kappa shape index (κ1) is 20.0. The molecule has 3 rings (SSSR count). The number of hydrogen-bond acceptors (Lipinski definition) is 5. The van der Waals surface area contributed by atoms with E-state index >= 15 is 0 Å². The summed E-state index contributed by atoms with van der Waals surface area (Å²) in [5.74, 6) is 1.38. The fourth-order valence-electron chi connectivity index (χ4n) is 3.05. The number of ether oxygens (including phenoxy) is 3. The van der Waals surface area contributed by atoms with Gasteiger partial charge in [-0.25, -0.2) is 0 Å². The molecule has 0 bridgehead atoms. The number of benzene rings is 2. The Kier molecular flexibility index (Phi) is 6.96. The summed E-state index contributed by atoms with van der Waals surface area (Å²) < 4.78 is 16.7. The topological polar surface area (TPSA) is 60.0 Å². The lowest BCUT2D eigenvalue weighted by atomic mass is 9.94. The largest absolute Gasteiger partial charge is 0.493 e. The van der Waals surface area contributed by atoms with E-state index in [0.717, 1.165) is 11.1 Å². The number of nitrogens with one attached hydrogen (secondary N) is 1. The maximum Gasteiger partial charge on any atom is 0.161 e. The van der Waals surface area contributed by atoms with Crippen molar-refractivity contribution in [3.05, 3.63) is 58.6 Å². The van der Waals surface area contributed by atoms with Gasteiger partial charge in [0.1, 0.15) is 6.61 Å². The van der Waals surface area contributed by atoms with Gasteiger partial charge >= 0.3 is 0 Å². The summed E-state index contributed by atoms with van der Waals surface area (Å²) in [5, 5.41) is 14.5. The Balaban J connectivity index is 1.54. The minimum absolute atomic E-state index is 0.445. The molecule has 2 aromatic rings. The Hall–Kier alpha value is -1.79. The summed E-state index contributed by atoms with van der Waals surface area (Å²) in [5.41, 5.74) is 1.43. The van der Waals surface area contributed by atoms with E-state index in [9.17, 15) is 5.11 Å². The molecule has 0 unspecified atom stereocenters. The third kappa shape index (κ3) is 5.84. The molecule has 1 fully saturated rings. The van der Waals surface area contributed by atoms with Crippen molar-refractivity contribution in [1.82, 2.24) is 5.32 Å².